The van der Waals surface area contributed by atoms with Crippen LogP contribution in [0.4, 0.5) is 0 Å². The van der Waals surface area contributed by atoms with Crippen molar-refractivity contribution >= 4 is 11.9 Å². The fourth-order valence-corrected chi connectivity index (χ4v) is 2.59. The molecule has 0 aliphatic heterocycles. The highest BCUT2D eigenvalue weighted by atomic mass is 16.4. The molecular formula is C14H25NO3. The van der Waals surface area contributed by atoms with Crippen molar-refractivity contribution in [2.75, 3.05) is 6.54 Å². The van der Waals surface area contributed by atoms with Crippen molar-refractivity contribution in [2.45, 2.75) is 52.4 Å². The molecule has 1 saturated carbocycles. The number of amides is 1. The van der Waals surface area contributed by atoms with Crippen LogP contribution in [0.3, 0.4) is 0 Å². The zero-order valence-corrected chi connectivity index (χ0v) is 11.4. The summed E-state index contributed by atoms with van der Waals surface area (Å²) in [7, 11) is 0. The Morgan fingerprint density at radius 3 is 2.44 bits per heavy atom. The van der Waals surface area contributed by atoms with Gasteiger partial charge in [0.15, 0.2) is 0 Å². The Balaban J connectivity index is 2.34. The van der Waals surface area contributed by atoms with Gasteiger partial charge in [-0.15, -0.1) is 0 Å². The lowest BCUT2D eigenvalue weighted by Crippen LogP contribution is -2.36. The number of carboxylic acid groups (broad SMARTS) is 1. The van der Waals surface area contributed by atoms with Crippen LogP contribution in [0.25, 0.3) is 0 Å². The number of rotatable bonds is 7. The summed E-state index contributed by atoms with van der Waals surface area (Å²) < 4.78 is 0. The molecule has 0 aromatic heterocycles. The van der Waals surface area contributed by atoms with Crippen molar-refractivity contribution < 1.29 is 14.7 Å². The Hall–Kier alpha value is -1.06. The van der Waals surface area contributed by atoms with Gasteiger partial charge in [0.25, 0.3) is 0 Å². The van der Waals surface area contributed by atoms with Gasteiger partial charge in [0.2, 0.25) is 5.91 Å². The molecule has 18 heavy (non-hydrogen) atoms. The maximum absolute atomic E-state index is 12.0. The lowest BCUT2D eigenvalue weighted by molar-refractivity contribution is -0.141. The van der Waals surface area contributed by atoms with Gasteiger partial charge in [-0.05, 0) is 18.8 Å². The molecule has 1 aliphatic carbocycles. The van der Waals surface area contributed by atoms with Crippen LogP contribution in [-0.4, -0.2) is 23.5 Å². The predicted octanol–water partition coefficient (Wildman–Crippen LogP) is 2.43. The second-order valence-corrected chi connectivity index (χ2v) is 5.48. The standard InChI is InChI=1S/C14H25NO3/c1-3-12(8-11-6-4-5-7-11)13(16)15-9-10(2)14(17)18/h10-12H,3-9H2,1-2H3,(H,15,16)(H,17,18). The van der Waals surface area contributed by atoms with E-state index >= 15 is 0 Å². The highest BCUT2D eigenvalue weighted by Gasteiger charge is 2.24. The van der Waals surface area contributed by atoms with Gasteiger partial charge in [-0.3, -0.25) is 9.59 Å². The van der Waals surface area contributed by atoms with Crippen molar-refractivity contribution in [3.05, 3.63) is 0 Å². The molecule has 4 heteroatoms. The summed E-state index contributed by atoms with van der Waals surface area (Å²) in [5, 5.41) is 11.5. The molecular weight excluding hydrogens is 230 g/mol. The minimum atomic E-state index is -0.862. The van der Waals surface area contributed by atoms with Gasteiger partial charge in [-0.25, -0.2) is 0 Å². The number of carboxylic acids is 1. The van der Waals surface area contributed by atoms with E-state index in [1.54, 1.807) is 6.92 Å². The Kier molecular flexibility index (Phi) is 6.16. The Morgan fingerprint density at radius 1 is 1.33 bits per heavy atom. The van der Waals surface area contributed by atoms with Crippen molar-refractivity contribution in [1.82, 2.24) is 5.32 Å². The predicted molar refractivity (Wildman–Crippen MR) is 70.2 cm³/mol. The first-order valence-electron chi connectivity index (χ1n) is 7.05. The second kappa shape index (κ2) is 7.39. The van der Waals surface area contributed by atoms with Gasteiger partial charge in [0.1, 0.15) is 0 Å². The van der Waals surface area contributed by atoms with Crippen LogP contribution in [0.5, 0.6) is 0 Å². The number of hydrogen-bond acceptors (Lipinski definition) is 2. The summed E-state index contributed by atoms with van der Waals surface area (Å²) in [6, 6.07) is 0. The molecule has 1 amide bonds. The fourth-order valence-electron chi connectivity index (χ4n) is 2.59. The van der Waals surface area contributed by atoms with Gasteiger partial charge in [0.05, 0.1) is 5.92 Å². The molecule has 1 aliphatic rings. The largest absolute Gasteiger partial charge is 0.481 e. The van der Waals surface area contributed by atoms with E-state index in [1.165, 1.54) is 25.7 Å². The van der Waals surface area contributed by atoms with E-state index < -0.39 is 11.9 Å². The summed E-state index contributed by atoms with van der Waals surface area (Å²) in [6.45, 7) is 3.87. The number of nitrogens with one attached hydrogen (secondary N) is 1. The number of carbonyl (C=O) groups is 2. The first-order valence-corrected chi connectivity index (χ1v) is 7.05. The maximum atomic E-state index is 12.0. The molecule has 2 N–H and O–H groups in total. The normalized spacial score (nSPS) is 19.4. The number of carbonyl (C=O) groups excluding carboxylic acids is 1. The lowest BCUT2D eigenvalue weighted by atomic mass is 9.90. The molecule has 0 heterocycles. The molecule has 1 rings (SSSR count). The van der Waals surface area contributed by atoms with Crippen LogP contribution >= 0.6 is 0 Å². The molecule has 0 radical (unpaired) electrons. The summed E-state index contributed by atoms with van der Waals surface area (Å²) in [4.78, 5) is 22.7. The molecule has 0 aromatic carbocycles. The molecule has 2 unspecified atom stereocenters. The van der Waals surface area contributed by atoms with Crippen LogP contribution in [0.15, 0.2) is 0 Å². The topological polar surface area (TPSA) is 66.4 Å². The summed E-state index contributed by atoms with van der Waals surface area (Å²) in [5.74, 6) is -0.610. The van der Waals surface area contributed by atoms with Crippen molar-refractivity contribution in [3.8, 4) is 0 Å². The Morgan fingerprint density at radius 2 is 1.94 bits per heavy atom. The van der Waals surface area contributed by atoms with E-state index in [9.17, 15) is 9.59 Å². The van der Waals surface area contributed by atoms with Crippen molar-refractivity contribution in [2.24, 2.45) is 17.8 Å². The maximum Gasteiger partial charge on any atom is 0.308 e. The smallest absolute Gasteiger partial charge is 0.308 e. The first kappa shape index (κ1) is 15.0. The minimum absolute atomic E-state index is 0.0255. The summed E-state index contributed by atoms with van der Waals surface area (Å²) in [5.41, 5.74) is 0. The van der Waals surface area contributed by atoms with Crippen molar-refractivity contribution in [1.29, 1.82) is 0 Å². The third-order valence-electron chi connectivity index (χ3n) is 3.96. The molecule has 1 fully saturated rings. The van der Waals surface area contributed by atoms with E-state index in [0.29, 0.717) is 5.92 Å². The quantitative estimate of drug-likeness (QED) is 0.734. The summed E-state index contributed by atoms with van der Waals surface area (Å²) >= 11 is 0. The fraction of sp³-hybridized carbons (Fsp3) is 0.857. The van der Waals surface area contributed by atoms with Gasteiger partial charge < -0.3 is 10.4 Å². The second-order valence-electron chi connectivity index (χ2n) is 5.48. The molecule has 0 spiro atoms. The van der Waals surface area contributed by atoms with Crippen LogP contribution in [-0.2, 0) is 9.59 Å². The minimum Gasteiger partial charge on any atom is -0.481 e. The lowest BCUT2D eigenvalue weighted by Gasteiger charge is -2.19. The van der Waals surface area contributed by atoms with Gasteiger partial charge in [0, 0.05) is 12.5 Å². The Labute approximate surface area is 109 Å². The number of aliphatic carboxylic acids is 1. The summed E-state index contributed by atoms with van der Waals surface area (Å²) in [6.07, 6.45) is 6.87. The molecule has 0 saturated heterocycles. The molecule has 0 bridgehead atoms. The number of hydrogen-bond donors (Lipinski definition) is 2. The van der Waals surface area contributed by atoms with E-state index in [2.05, 4.69) is 5.32 Å². The van der Waals surface area contributed by atoms with Crippen LogP contribution < -0.4 is 5.32 Å². The SMILES string of the molecule is CCC(CC1CCCC1)C(=O)NCC(C)C(=O)O. The monoisotopic (exact) mass is 255 g/mol. The highest BCUT2D eigenvalue weighted by Crippen LogP contribution is 2.31. The molecule has 2 atom stereocenters. The first-order chi connectivity index (χ1) is 8.54. The van der Waals surface area contributed by atoms with E-state index in [4.69, 9.17) is 5.11 Å². The zero-order valence-electron chi connectivity index (χ0n) is 11.4. The van der Waals surface area contributed by atoms with E-state index in [-0.39, 0.29) is 18.4 Å². The molecule has 0 aromatic rings. The molecule has 4 nitrogen and oxygen atoms in total. The third-order valence-corrected chi connectivity index (χ3v) is 3.96. The Bertz CT molecular complexity index is 285. The zero-order chi connectivity index (χ0) is 13.5. The van der Waals surface area contributed by atoms with Crippen LogP contribution in [0.1, 0.15) is 52.4 Å². The average Bonchev–Trinajstić information content (AvgIpc) is 2.85. The third kappa shape index (κ3) is 4.67. The van der Waals surface area contributed by atoms with E-state index in [1.807, 2.05) is 6.92 Å². The van der Waals surface area contributed by atoms with Gasteiger partial charge in [-0.1, -0.05) is 39.5 Å². The highest BCUT2D eigenvalue weighted by molar-refractivity contribution is 5.79. The van der Waals surface area contributed by atoms with Gasteiger partial charge in [-0.2, -0.15) is 0 Å². The van der Waals surface area contributed by atoms with Crippen LogP contribution in [0.2, 0.25) is 0 Å². The van der Waals surface area contributed by atoms with E-state index in [0.717, 1.165) is 12.8 Å². The molecule has 104 valence electrons. The van der Waals surface area contributed by atoms with Crippen molar-refractivity contribution in [3.63, 3.8) is 0 Å². The average molecular weight is 255 g/mol. The van der Waals surface area contributed by atoms with Crippen LogP contribution in [0, 0.1) is 17.8 Å². The van der Waals surface area contributed by atoms with Gasteiger partial charge >= 0.3 is 5.97 Å².